The molecule has 140 valence electrons. The van der Waals surface area contributed by atoms with Gasteiger partial charge in [-0.05, 0) is 49.8 Å². The second-order valence-electron chi connectivity index (χ2n) is 6.68. The van der Waals surface area contributed by atoms with Gasteiger partial charge in [0.05, 0.1) is 12.7 Å². The number of methoxy groups -OCH3 is 1. The highest BCUT2D eigenvalue weighted by atomic mass is 16.5. The maximum Gasteiger partial charge on any atom is 0.338 e. The maximum atomic E-state index is 12.1. The van der Waals surface area contributed by atoms with Gasteiger partial charge in [0, 0.05) is 12.7 Å². The largest absolute Gasteiger partial charge is 0.465 e. The summed E-state index contributed by atoms with van der Waals surface area (Å²) in [4.78, 5) is 21.3. The van der Waals surface area contributed by atoms with Crippen LogP contribution in [-0.4, -0.2) is 37.7 Å². The van der Waals surface area contributed by atoms with Crippen molar-refractivity contribution in [2.24, 2.45) is 9.98 Å². The lowest BCUT2D eigenvalue weighted by Crippen LogP contribution is -2.60. The SMILES string of the molecule is CCc1c(NC2=NC3(CCCCC3)NC(=NC)N2)cccc1C(=O)OC. The molecule has 0 bridgehead atoms. The van der Waals surface area contributed by atoms with E-state index in [0.717, 1.165) is 36.9 Å². The van der Waals surface area contributed by atoms with Crippen molar-refractivity contribution in [3.8, 4) is 0 Å². The van der Waals surface area contributed by atoms with E-state index < -0.39 is 0 Å². The van der Waals surface area contributed by atoms with Crippen molar-refractivity contribution in [3.05, 3.63) is 29.3 Å². The van der Waals surface area contributed by atoms with E-state index in [9.17, 15) is 4.79 Å². The topological polar surface area (TPSA) is 87.1 Å². The Kier molecular flexibility index (Phi) is 5.44. The van der Waals surface area contributed by atoms with Gasteiger partial charge in [0.15, 0.2) is 5.96 Å². The molecule has 1 heterocycles. The van der Waals surface area contributed by atoms with Gasteiger partial charge in [-0.15, -0.1) is 0 Å². The molecule has 2 aliphatic rings. The number of esters is 1. The first-order chi connectivity index (χ1) is 12.6. The number of nitrogens with one attached hydrogen (secondary N) is 3. The van der Waals surface area contributed by atoms with E-state index in [1.165, 1.54) is 13.5 Å². The van der Waals surface area contributed by atoms with Crippen molar-refractivity contribution in [2.45, 2.75) is 51.1 Å². The smallest absolute Gasteiger partial charge is 0.338 e. The number of ether oxygens (including phenoxy) is 1. The zero-order valence-corrected chi connectivity index (χ0v) is 15.7. The molecule has 26 heavy (non-hydrogen) atoms. The third-order valence-corrected chi connectivity index (χ3v) is 5.01. The fourth-order valence-corrected chi connectivity index (χ4v) is 3.69. The molecule has 3 rings (SSSR count). The quantitative estimate of drug-likeness (QED) is 0.724. The molecule has 1 aromatic carbocycles. The van der Waals surface area contributed by atoms with Crippen LogP contribution in [0.1, 0.15) is 54.9 Å². The van der Waals surface area contributed by atoms with E-state index in [1.807, 2.05) is 19.1 Å². The molecule has 1 aliphatic carbocycles. The molecule has 0 radical (unpaired) electrons. The zero-order chi connectivity index (χ0) is 18.6. The fourth-order valence-electron chi connectivity index (χ4n) is 3.69. The molecule has 1 aliphatic heterocycles. The molecule has 1 aromatic rings. The monoisotopic (exact) mass is 357 g/mol. The highest BCUT2D eigenvalue weighted by molar-refractivity contribution is 6.08. The normalized spacial score (nSPS) is 20.1. The van der Waals surface area contributed by atoms with Crippen LogP contribution in [0.25, 0.3) is 0 Å². The fraction of sp³-hybridized carbons (Fsp3) is 0.526. The van der Waals surface area contributed by atoms with Gasteiger partial charge in [-0.1, -0.05) is 19.4 Å². The highest BCUT2D eigenvalue weighted by Gasteiger charge is 2.36. The molecule has 1 spiro atoms. The van der Waals surface area contributed by atoms with Crippen LogP contribution in [-0.2, 0) is 11.2 Å². The number of aliphatic imine (C=N–C) groups is 2. The average molecular weight is 357 g/mol. The Morgan fingerprint density at radius 1 is 1.35 bits per heavy atom. The van der Waals surface area contributed by atoms with Gasteiger partial charge >= 0.3 is 5.97 Å². The van der Waals surface area contributed by atoms with Crippen LogP contribution in [0.3, 0.4) is 0 Å². The first-order valence-corrected chi connectivity index (χ1v) is 9.20. The maximum absolute atomic E-state index is 12.1. The summed E-state index contributed by atoms with van der Waals surface area (Å²) >= 11 is 0. The van der Waals surface area contributed by atoms with Gasteiger partial charge in [-0.3, -0.25) is 10.3 Å². The van der Waals surface area contributed by atoms with E-state index in [0.29, 0.717) is 23.9 Å². The summed E-state index contributed by atoms with van der Waals surface area (Å²) < 4.78 is 4.91. The Hall–Kier alpha value is -2.57. The van der Waals surface area contributed by atoms with Crippen molar-refractivity contribution in [1.82, 2.24) is 10.6 Å². The van der Waals surface area contributed by atoms with E-state index >= 15 is 0 Å². The second-order valence-corrected chi connectivity index (χ2v) is 6.68. The van der Waals surface area contributed by atoms with Gasteiger partial charge < -0.3 is 15.4 Å². The Morgan fingerprint density at radius 2 is 2.12 bits per heavy atom. The summed E-state index contributed by atoms with van der Waals surface area (Å²) in [5.74, 6) is 1.04. The highest BCUT2D eigenvalue weighted by Crippen LogP contribution is 2.31. The van der Waals surface area contributed by atoms with Crippen LogP contribution in [0.15, 0.2) is 28.2 Å². The summed E-state index contributed by atoms with van der Waals surface area (Å²) in [5, 5.41) is 10.0. The molecule has 0 amide bonds. The minimum atomic E-state index is -0.328. The Morgan fingerprint density at radius 3 is 2.77 bits per heavy atom. The molecule has 0 unspecified atom stereocenters. The number of guanidine groups is 2. The number of hydrogen-bond donors (Lipinski definition) is 3. The first kappa shape index (κ1) is 18.2. The lowest BCUT2D eigenvalue weighted by molar-refractivity contribution is 0.0599. The Bertz CT molecular complexity index is 735. The van der Waals surface area contributed by atoms with Crippen LogP contribution in [0.4, 0.5) is 5.69 Å². The molecular formula is C19H27N5O2. The second kappa shape index (κ2) is 7.76. The number of rotatable bonds is 3. The van der Waals surface area contributed by atoms with E-state index in [2.05, 4.69) is 20.9 Å². The molecule has 7 heteroatoms. The number of nitrogens with zero attached hydrogens (tertiary/aromatic N) is 2. The van der Waals surface area contributed by atoms with Gasteiger partial charge in [-0.2, -0.15) is 0 Å². The first-order valence-electron chi connectivity index (χ1n) is 9.20. The van der Waals surface area contributed by atoms with Crippen molar-refractivity contribution in [2.75, 3.05) is 19.5 Å². The number of benzene rings is 1. The van der Waals surface area contributed by atoms with E-state index in [-0.39, 0.29) is 11.6 Å². The average Bonchev–Trinajstić information content (AvgIpc) is 2.67. The summed E-state index contributed by atoms with van der Waals surface area (Å²) in [5.41, 5.74) is 2.04. The van der Waals surface area contributed by atoms with Gasteiger partial charge in [0.1, 0.15) is 5.66 Å². The minimum Gasteiger partial charge on any atom is -0.465 e. The summed E-state index contributed by atoms with van der Waals surface area (Å²) in [7, 11) is 3.15. The van der Waals surface area contributed by atoms with Crippen LogP contribution in [0.5, 0.6) is 0 Å². The molecular weight excluding hydrogens is 330 g/mol. The summed E-state index contributed by atoms with van der Waals surface area (Å²) in [6, 6.07) is 5.59. The third-order valence-electron chi connectivity index (χ3n) is 5.01. The van der Waals surface area contributed by atoms with Crippen molar-refractivity contribution >= 4 is 23.6 Å². The molecule has 0 atom stereocenters. The molecule has 0 saturated heterocycles. The van der Waals surface area contributed by atoms with Crippen molar-refractivity contribution < 1.29 is 9.53 Å². The standard InChI is InChI=1S/C19H27N5O2/c1-4-13-14(16(25)26-3)9-8-10-15(13)21-18-22-17(20-2)23-19(24-18)11-6-5-7-12-19/h8-10H,4-7,11-12H2,1-3H3,(H3,20,21,22,23,24). The number of carbonyl (C=O) groups is 1. The predicted molar refractivity (Wildman–Crippen MR) is 104 cm³/mol. The van der Waals surface area contributed by atoms with Crippen molar-refractivity contribution in [1.29, 1.82) is 0 Å². The molecule has 3 N–H and O–H groups in total. The summed E-state index contributed by atoms with van der Waals surface area (Å²) in [6.45, 7) is 2.02. The molecule has 1 fully saturated rings. The molecule has 7 nitrogen and oxygen atoms in total. The zero-order valence-electron chi connectivity index (χ0n) is 15.7. The van der Waals surface area contributed by atoms with Crippen LogP contribution >= 0.6 is 0 Å². The van der Waals surface area contributed by atoms with Crippen LogP contribution in [0.2, 0.25) is 0 Å². The predicted octanol–water partition coefficient (Wildman–Crippen LogP) is 2.64. The Balaban J connectivity index is 1.93. The number of hydrogen-bond acceptors (Lipinski definition) is 5. The lowest BCUT2D eigenvalue weighted by Gasteiger charge is -2.39. The van der Waals surface area contributed by atoms with Crippen LogP contribution < -0.4 is 16.0 Å². The lowest BCUT2D eigenvalue weighted by atomic mass is 9.89. The Labute approximate surface area is 154 Å². The van der Waals surface area contributed by atoms with E-state index in [1.54, 1.807) is 13.1 Å². The van der Waals surface area contributed by atoms with Gasteiger partial charge in [-0.25, -0.2) is 9.79 Å². The van der Waals surface area contributed by atoms with E-state index in [4.69, 9.17) is 9.73 Å². The third kappa shape index (κ3) is 3.66. The van der Waals surface area contributed by atoms with Crippen LogP contribution in [0, 0.1) is 0 Å². The van der Waals surface area contributed by atoms with Gasteiger partial charge in [0.2, 0.25) is 5.96 Å². The van der Waals surface area contributed by atoms with Gasteiger partial charge in [0.25, 0.3) is 0 Å². The number of carbonyl (C=O) groups excluding carboxylic acids is 1. The van der Waals surface area contributed by atoms with Crippen molar-refractivity contribution in [3.63, 3.8) is 0 Å². The molecule has 0 aromatic heterocycles. The summed E-state index contributed by atoms with van der Waals surface area (Å²) in [6.07, 6.45) is 6.23. The number of anilines is 1. The molecule has 1 saturated carbocycles. The minimum absolute atomic E-state index is 0.299.